The SMILES string of the molecule is COC1C(OC(=O)CC2CCC(NC(=O)CNC(=O)[C@H](CC(C)C)NC(=O)[C@H](Cc3ccccc3)NC(=O)CNC(=O)C(C)(CC(C)(CC(C)C)C(=O)NCC(C)O)C(C)C)CC2)CC[C@]2(CO2)C1[C@]1(C)O[C@@H]1CC=C(C)C. The highest BCUT2D eigenvalue weighted by atomic mass is 16.6. The van der Waals surface area contributed by atoms with E-state index in [1.54, 1.807) is 21.0 Å². The first-order valence-corrected chi connectivity index (χ1v) is 28.8. The first-order chi connectivity index (χ1) is 36.6. The molecule has 2 aliphatic carbocycles. The number of epoxide rings is 2. The van der Waals surface area contributed by atoms with E-state index in [0.29, 0.717) is 32.3 Å². The second-order valence-electron chi connectivity index (χ2n) is 25.3. The molecular weight excluding hydrogens is 997 g/mol. The number of aliphatic hydroxyl groups is 1. The Morgan fingerprint density at radius 2 is 1.47 bits per heavy atom. The van der Waals surface area contributed by atoms with E-state index in [4.69, 9.17) is 18.9 Å². The summed E-state index contributed by atoms with van der Waals surface area (Å²) in [5.41, 5.74) is -0.788. The maximum absolute atomic E-state index is 14.1. The van der Waals surface area contributed by atoms with Gasteiger partial charge in [0, 0.05) is 43.4 Å². The van der Waals surface area contributed by atoms with E-state index in [9.17, 15) is 38.7 Å². The van der Waals surface area contributed by atoms with E-state index in [-0.39, 0.29) is 110 Å². The van der Waals surface area contributed by atoms with E-state index in [1.807, 2.05) is 78.8 Å². The Bertz CT molecular complexity index is 2240. The molecule has 1 aromatic carbocycles. The summed E-state index contributed by atoms with van der Waals surface area (Å²) >= 11 is 0. The summed E-state index contributed by atoms with van der Waals surface area (Å²) in [6.45, 7) is 23.0. The van der Waals surface area contributed by atoms with Crippen LogP contribution in [-0.4, -0.2) is 134 Å². The van der Waals surface area contributed by atoms with Crippen molar-refractivity contribution in [2.45, 2.75) is 214 Å². The van der Waals surface area contributed by atoms with Crippen molar-refractivity contribution in [1.29, 1.82) is 0 Å². The van der Waals surface area contributed by atoms with Crippen LogP contribution in [0.15, 0.2) is 42.0 Å². The van der Waals surface area contributed by atoms with Crippen LogP contribution in [0.3, 0.4) is 0 Å². The van der Waals surface area contributed by atoms with Gasteiger partial charge in [-0.25, -0.2) is 0 Å². The summed E-state index contributed by atoms with van der Waals surface area (Å²) in [4.78, 5) is 96.0. The van der Waals surface area contributed by atoms with E-state index < -0.39 is 70.9 Å². The van der Waals surface area contributed by atoms with Crippen LogP contribution in [0.25, 0.3) is 0 Å². The summed E-state index contributed by atoms with van der Waals surface area (Å²) in [7, 11) is 1.67. The van der Waals surface area contributed by atoms with E-state index >= 15 is 0 Å². The van der Waals surface area contributed by atoms with Crippen molar-refractivity contribution in [2.75, 3.05) is 33.4 Å². The number of esters is 1. The molecule has 0 bridgehead atoms. The number of rotatable bonds is 29. The number of nitrogens with one attached hydrogen (secondary N) is 6. The maximum Gasteiger partial charge on any atom is 0.306 e. The minimum atomic E-state index is -1.13. The summed E-state index contributed by atoms with van der Waals surface area (Å²) in [5, 5.41) is 26.8. The number of carbonyl (C=O) groups is 7. The Labute approximate surface area is 464 Å². The number of ether oxygens (including phenoxy) is 4. The molecule has 2 saturated carbocycles. The van der Waals surface area contributed by atoms with E-state index in [1.165, 1.54) is 5.57 Å². The van der Waals surface area contributed by atoms with Gasteiger partial charge in [0.25, 0.3) is 0 Å². The zero-order valence-electron chi connectivity index (χ0n) is 49.1. The predicted octanol–water partition coefficient (Wildman–Crippen LogP) is 5.76. The molecule has 78 heavy (non-hydrogen) atoms. The predicted molar refractivity (Wildman–Crippen MR) is 297 cm³/mol. The fourth-order valence-corrected chi connectivity index (χ4v) is 12.2. The van der Waals surface area contributed by atoms with Crippen molar-refractivity contribution in [3.8, 4) is 0 Å². The van der Waals surface area contributed by atoms with Crippen LogP contribution >= 0.6 is 0 Å². The maximum atomic E-state index is 14.1. The highest BCUT2D eigenvalue weighted by Gasteiger charge is 2.72. The number of benzene rings is 1. The van der Waals surface area contributed by atoms with Gasteiger partial charge in [-0.1, -0.05) is 97.4 Å². The van der Waals surface area contributed by atoms with Crippen LogP contribution < -0.4 is 31.9 Å². The van der Waals surface area contributed by atoms with Crippen molar-refractivity contribution in [2.24, 2.45) is 40.4 Å². The third-order valence-corrected chi connectivity index (χ3v) is 16.8. The van der Waals surface area contributed by atoms with Gasteiger partial charge in [0.1, 0.15) is 35.5 Å². The minimum absolute atomic E-state index is 0.0294. The lowest BCUT2D eigenvalue weighted by Crippen LogP contribution is -2.57. The number of hydrogen-bond acceptors (Lipinski definition) is 12. The van der Waals surface area contributed by atoms with Crippen LogP contribution in [0.1, 0.15) is 159 Å². The molecule has 1 spiro atoms. The molecule has 6 amide bonds. The minimum Gasteiger partial charge on any atom is -0.460 e. The molecule has 18 nitrogen and oxygen atoms in total. The summed E-state index contributed by atoms with van der Waals surface area (Å²) in [6, 6.07) is 6.80. The monoisotopic (exact) mass is 1090 g/mol. The van der Waals surface area contributed by atoms with Crippen LogP contribution in [0.2, 0.25) is 0 Å². The topological polar surface area (TPSA) is 255 Å². The molecule has 11 atom stereocenters. The molecule has 0 radical (unpaired) electrons. The first-order valence-electron chi connectivity index (χ1n) is 28.8. The molecule has 2 saturated heterocycles. The standard InChI is InChI=1S/C60H96N6O12/c1-36(2)19-24-47-59(12,78-47)52-51(75-13)46(25-26-60(52)35-76-60)77-50(70)29-42-20-22-43(23-21-42)64-48(68)32-61-53(71)44(27-37(3)4)66-54(72)45(28-41-17-15-14-16-18-41)65-49(69)33-63-56(74)58(11,39(7)8)34-57(10,30-38(5)6)55(73)62-31-40(9)67/h14-19,37-40,42-47,51-52,67H,20-35H2,1-13H3,(H,61,71)(H,62,73)(H,63,74)(H,64,68)(H,65,69)(H,66,72)/t40?,42?,43?,44-,45-,46?,47+,51?,52?,57?,58?,59+,60-/m0/s1. The molecule has 2 heterocycles. The number of amides is 6. The van der Waals surface area contributed by atoms with Crippen molar-refractivity contribution in [3.05, 3.63) is 47.5 Å². The lowest BCUT2D eigenvalue weighted by Gasteiger charge is -2.42. The number of aliphatic hydroxyl groups excluding tert-OH is 1. The average molecular weight is 1090 g/mol. The van der Waals surface area contributed by atoms with Gasteiger partial charge in [-0.2, -0.15) is 0 Å². The Balaban J connectivity index is 1.11. The first kappa shape index (κ1) is 63.9. The Kier molecular flexibility index (Phi) is 22.9. The van der Waals surface area contributed by atoms with Crippen LogP contribution in [0.4, 0.5) is 0 Å². The zero-order chi connectivity index (χ0) is 57.8. The summed E-state index contributed by atoms with van der Waals surface area (Å²) in [6.07, 6.45) is 7.04. The van der Waals surface area contributed by atoms with Crippen molar-refractivity contribution >= 4 is 41.4 Å². The second-order valence-corrected chi connectivity index (χ2v) is 25.3. The van der Waals surface area contributed by atoms with Crippen molar-refractivity contribution < 1.29 is 57.6 Å². The Hall–Kier alpha value is -4.91. The number of carbonyl (C=O) groups excluding carboxylic acids is 7. The molecule has 7 N–H and O–H groups in total. The van der Waals surface area contributed by atoms with Gasteiger partial charge in [0.05, 0.1) is 37.8 Å². The molecule has 0 aromatic heterocycles. The third-order valence-electron chi connectivity index (χ3n) is 16.8. The number of hydrogen-bond donors (Lipinski definition) is 7. The molecule has 2 aliphatic heterocycles. The zero-order valence-corrected chi connectivity index (χ0v) is 49.1. The quantitative estimate of drug-likeness (QED) is 0.0287. The number of methoxy groups -OCH3 is 1. The number of allylic oxidation sites excluding steroid dienone is 1. The highest BCUT2D eigenvalue weighted by Crippen LogP contribution is 2.59. The Morgan fingerprint density at radius 1 is 0.821 bits per heavy atom. The lowest BCUT2D eigenvalue weighted by atomic mass is 9.64. The molecule has 6 unspecified atom stereocenters. The van der Waals surface area contributed by atoms with Crippen LogP contribution in [0.5, 0.6) is 0 Å². The van der Waals surface area contributed by atoms with Gasteiger partial charge in [-0.3, -0.25) is 33.6 Å². The highest BCUT2D eigenvalue weighted by molar-refractivity contribution is 5.95. The van der Waals surface area contributed by atoms with Gasteiger partial charge in [-0.15, -0.1) is 0 Å². The summed E-state index contributed by atoms with van der Waals surface area (Å²) in [5.74, 6) is -3.20. The molecule has 5 rings (SSSR count). The average Bonchev–Trinajstić information content (AvgIpc) is 4.35. The van der Waals surface area contributed by atoms with Crippen molar-refractivity contribution in [3.63, 3.8) is 0 Å². The van der Waals surface area contributed by atoms with E-state index in [2.05, 4.69) is 58.7 Å². The van der Waals surface area contributed by atoms with Crippen LogP contribution in [0, 0.1) is 40.4 Å². The molecule has 18 heteroatoms. The van der Waals surface area contributed by atoms with Crippen molar-refractivity contribution in [1.82, 2.24) is 31.9 Å². The smallest absolute Gasteiger partial charge is 0.306 e. The summed E-state index contributed by atoms with van der Waals surface area (Å²) < 4.78 is 24.6. The largest absolute Gasteiger partial charge is 0.460 e. The Morgan fingerprint density at radius 3 is 2.05 bits per heavy atom. The van der Waals surface area contributed by atoms with Gasteiger partial charge < -0.3 is 56.0 Å². The fourth-order valence-electron chi connectivity index (χ4n) is 12.2. The van der Waals surface area contributed by atoms with Gasteiger partial charge in [-0.05, 0) is 121 Å². The second kappa shape index (κ2) is 28.0. The van der Waals surface area contributed by atoms with E-state index in [0.717, 1.165) is 31.2 Å². The van der Waals surface area contributed by atoms with Crippen LogP contribution in [-0.2, 0) is 58.9 Å². The molecule has 4 aliphatic rings. The van der Waals surface area contributed by atoms with Gasteiger partial charge in [0.2, 0.25) is 35.4 Å². The molecular formula is C60H96N6O12. The fraction of sp³-hybridized carbons (Fsp3) is 0.750. The van der Waals surface area contributed by atoms with Gasteiger partial charge in [0.15, 0.2) is 0 Å². The van der Waals surface area contributed by atoms with Gasteiger partial charge >= 0.3 is 5.97 Å². The normalized spacial score (nSPS) is 27.2. The lowest BCUT2D eigenvalue weighted by molar-refractivity contribution is -0.173. The molecule has 4 fully saturated rings. The molecule has 1 aromatic rings. The third kappa shape index (κ3) is 17.8. The molecule has 438 valence electrons.